The third-order valence-corrected chi connectivity index (χ3v) is 4.41. The molecule has 7 nitrogen and oxygen atoms in total. The Bertz CT molecular complexity index is 633. The van der Waals surface area contributed by atoms with Crippen molar-refractivity contribution in [2.24, 2.45) is 0 Å². The average Bonchev–Trinajstić information content (AvgIpc) is 3.26. The normalized spacial score (nSPS) is 23.1. The van der Waals surface area contributed by atoms with Gasteiger partial charge in [0.05, 0.1) is 0 Å². The van der Waals surface area contributed by atoms with Gasteiger partial charge in [-0.3, -0.25) is 0 Å². The monoisotopic (exact) mass is 303 g/mol. The van der Waals surface area contributed by atoms with Crippen molar-refractivity contribution in [2.75, 3.05) is 33.0 Å². The summed E-state index contributed by atoms with van der Waals surface area (Å²) in [5.41, 5.74) is 1.14. The minimum absolute atomic E-state index is 0.196. The standard InChI is InChI=1S/C15H17N3O4/c19-14-16-4-6-18(14)15(20)17-5-3-11(8-17)10-1-2-12-13(7-10)22-9-21-12/h1-2,7,11H,3-6,8-9H2,(H,16,19)/t11-/m0/s1. The molecule has 4 rings (SSSR count). The summed E-state index contributed by atoms with van der Waals surface area (Å²) in [6.07, 6.45) is 0.890. The van der Waals surface area contributed by atoms with Crippen molar-refractivity contribution in [3.63, 3.8) is 0 Å². The number of carbonyl (C=O) groups is 2. The number of nitrogens with one attached hydrogen (secondary N) is 1. The molecule has 7 heteroatoms. The zero-order valence-corrected chi connectivity index (χ0v) is 12.1. The second kappa shape index (κ2) is 5.08. The van der Waals surface area contributed by atoms with Gasteiger partial charge in [-0.1, -0.05) is 6.07 Å². The molecule has 0 spiro atoms. The van der Waals surface area contributed by atoms with Crippen molar-refractivity contribution in [1.29, 1.82) is 0 Å². The highest BCUT2D eigenvalue weighted by molar-refractivity contribution is 5.95. The molecule has 0 radical (unpaired) electrons. The maximum Gasteiger partial charge on any atom is 0.328 e. The van der Waals surface area contributed by atoms with Crippen molar-refractivity contribution in [3.8, 4) is 11.5 Å². The number of hydrogen-bond donors (Lipinski definition) is 1. The Morgan fingerprint density at radius 3 is 2.91 bits per heavy atom. The Morgan fingerprint density at radius 2 is 2.09 bits per heavy atom. The van der Waals surface area contributed by atoms with Gasteiger partial charge in [-0.05, 0) is 24.1 Å². The van der Waals surface area contributed by atoms with Crippen molar-refractivity contribution in [3.05, 3.63) is 23.8 Å². The van der Waals surface area contributed by atoms with Gasteiger partial charge >= 0.3 is 12.1 Å². The van der Waals surface area contributed by atoms with Crippen LogP contribution in [0.3, 0.4) is 0 Å². The van der Waals surface area contributed by atoms with Gasteiger partial charge in [0.2, 0.25) is 6.79 Å². The second-order valence-corrected chi connectivity index (χ2v) is 5.71. The summed E-state index contributed by atoms with van der Waals surface area (Å²) < 4.78 is 10.7. The number of likely N-dealkylation sites (tertiary alicyclic amines) is 1. The molecule has 1 aromatic rings. The zero-order chi connectivity index (χ0) is 15.1. The van der Waals surface area contributed by atoms with Gasteiger partial charge in [-0.15, -0.1) is 0 Å². The topological polar surface area (TPSA) is 71.1 Å². The van der Waals surface area contributed by atoms with Crippen molar-refractivity contribution >= 4 is 12.1 Å². The van der Waals surface area contributed by atoms with Crippen LogP contribution in [0.2, 0.25) is 0 Å². The molecular weight excluding hydrogens is 286 g/mol. The number of imide groups is 1. The van der Waals surface area contributed by atoms with E-state index in [2.05, 4.69) is 5.32 Å². The molecule has 1 N–H and O–H groups in total. The van der Waals surface area contributed by atoms with E-state index >= 15 is 0 Å². The molecule has 0 unspecified atom stereocenters. The van der Waals surface area contributed by atoms with E-state index in [0.29, 0.717) is 26.2 Å². The molecule has 0 aromatic heterocycles. The van der Waals surface area contributed by atoms with Gasteiger partial charge in [0.1, 0.15) is 0 Å². The minimum Gasteiger partial charge on any atom is -0.454 e. The van der Waals surface area contributed by atoms with Gasteiger partial charge in [-0.25, -0.2) is 14.5 Å². The maximum atomic E-state index is 12.4. The Balaban J connectivity index is 1.46. The second-order valence-electron chi connectivity index (χ2n) is 5.71. The van der Waals surface area contributed by atoms with Crippen molar-refractivity contribution in [2.45, 2.75) is 12.3 Å². The third kappa shape index (κ3) is 2.13. The maximum absolute atomic E-state index is 12.4. The predicted octanol–water partition coefficient (Wildman–Crippen LogP) is 1.35. The van der Waals surface area contributed by atoms with E-state index in [1.54, 1.807) is 4.90 Å². The number of ether oxygens (including phenoxy) is 2. The van der Waals surface area contributed by atoms with Crippen molar-refractivity contribution in [1.82, 2.24) is 15.1 Å². The molecule has 22 heavy (non-hydrogen) atoms. The first-order valence-electron chi connectivity index (χ1n) is 7.46. The van der Waals surface area contributed by atoms with E-state index in [0.717, 1.165) is 23.5 Å². The van der Waals surface area contributed by atoms with E-state index in [1.165, 1.54) is 4.90 Å². The van der Waals surface area contributed by atoms with E-state index < -0.39 is 0 Å². The summed E-state index contributed by atoms with van der Waals surface area (Å²) in [6, 6.07) is 5.43. The summed E-state index contributed by atoms with van der Waals surface area (Å²) >= 11 is 0. The number of rotatable bonds is 1. The molecule has 2 fully saturated rings. The summed E-state index contributed by atoms with van der Waals surface area (Å²) in [4.78, 5) is 27.0. The average molecular weight is 303 g/mol. The lowest BCUT2D eigenvalue weighted by Crippen LogP contribution is -2.43. The van der Waals surface area contributed by atoms with Gasteiger partial charge < -0.3 is 19.7 Å². The fourth-order valence-corrected chi connectivity index (χ4v) is 3.20. The molecule has 3 heterocycles. The van der Waals surface area contributed by atoms with E-state index in [4.69, 9.17) is 9.47 Å². The van der Waals surface area contributed by atoms with Crippen LogP contribution >= 0.6 is 0 Å². The lowest BCUT2D eigenvalue weighted by molar-refractivity contribution is 0.172. The number of nitrogens with zero attached hydrogens (tertiary/aromatic N) is 2. The number of benzene rings is 1. The fraction of sp³-hybridized carbons (Fsp3) is 0.467. The lowest BCUT2D eigenvalue weighted by atomic mass is 9.98. The smallest absolute Gasteiger partial charge is 0.328 e. The fourth-order valence-electron chi connectivity index (χ4n) is 3.20. The van der Waals surface area contributed by atoms with Crippen LogP contribution in [0.5, 0.6) is 11.5 Å². The van der Waals surface area contributed by atoms with Crippen LogP contribution in [0.4, 0.5) is 9.59 Å². The van der Waals surface area contributed by atoms with Crippen LogP contribution in [0.25, 0.3) is 0 Å². The molecule has 0 aliphatic carbocycles. The molecule has 0 saturated carbocycles. The molecule has 1 atom stereocenters. The lowest BCUT2D eigenvalue weighted by Gasteiger charge is -2.22. The Kier molecular flexibility index (Phi) is 3.06. The molecule has 4 amide bonds. The number of amides is 4. The minimum atomic E-state index is -0.295. The molecule has 2 saturated heterocycles. The Labute approximate surface area is 127 Å². The van der Waals surface area contributed by atoms with Gasteiger partial charge in [-0.2, -0.15) is 0 Å². The first kappa shape index (κ1) is 13.2. The molecular formula is C15H17N3O4. The van der Waals surface area contributed by atoms with Crippen LogP contribution < -0.4 is 14.8 Å². The van der Waals surface area contributed by atoms with E-state index in [1.807, 2.05) is 18.2 Å². The Hall–Kier alpha value is -2.44. The highest BCUT2D eigenvalue weighted by Crippen LogP contribution is 2.37. The van der Waals surface area contributed by atoms with Crippen LogP contribution in [0.15, 0.2) is 18.2 Å². The first-order valence-corrected chi connectivity index (χ1v) is 7.46. The quantitative estimate of drug-likeness (QED) is 0.850. The molecule has 116 valence electrons. The summed E-state index contributed by atoms with van der Waals surface area (Å²) in [5.74, 6) is 1.80. The summed E-state index contributed by atoms with van der Waals surface area (Å²) in [7, 11) is 0. The van der Waals surface area contributed by atoms with Gasteiger partial charge in [0, 0.05) is 32.1 Å². The first-order chi connectivity index (χ1) is 10.7. The van der Waals surface area contributed by atoms with Crippen molar-refractivity contribution < 1.29 is 19.1 Å². The summed E-state index contributed by atoms with van der Waals surface area (Å²) in [6.45, 7) is 2.54. The molecule has 3 aliphatic heterocycles. The van der Waals surface area contributed by atoms with E-state index in [-0.39, 0.29) is 24.8 Å². The Morgan fingerprint density at radius 1 is 1.23 bits per heavy atom. The third-order valence-electron chi connectivity index (χ3n) is 4.41. The van der Waals surface area contributed by atoms with Crippen LogP contribution in [0.1, 0.15) is 17.9 Å². The van der Waals surface area contributed by atoms with E-state index in [9.17, 15) is 9.59 Å². The largest absolute Gasteiger partial charge is 0.454 e. The van der Waals surface area contributed by atoms with Gasteiger partial charge in [0.15, 0.2) is 11.5 Å². The van der Waals surface area contributed by atoms with Crippen LogP contribution in [-0.2, 0) is 0 Å². The number of hydrogen-bond acceptors (Lipinski definition) is 4. The summed E-state index contributed by atoms with van der Waals surface area (Å²) in [5, 5.41) is 2.65. The van der Waals surface area contributed by atoms with Crippen LogP contribution in [0, 0.1) is 0 Å². The SMILES string of the molecule is O=C1NCCN1C(=O)N1CC[C@H](c2ccc3c(c2)OCO3)C1. The molecule has 3 aliphatic rings. The zero-order valence-electron chi connectivity index (χ0n) is 12.1. The number of urea groups is 2. The molecule has 0 bridgehead atoms. The van der Waals surface area contributed by atoms with Gasteiger partial charge in [0.25, 0.3) is 0 Å². The number of fused-ring (bicyclic) bond motifs is 1. The molecule has 1 aromatic carbocycles. The highest BCUT2D eigenvalue weighted by atomic mass is 16.7. The number of carbonyl (C=O) groups excluding carboxylic acids is 2. The predicted molar refractivity (Wildman–Crippen MR) is 77.0 cm³/mol. The van der Waals surface area contributed by atoms with Crippen LogP contribution in [-0.4, -0.2) is 54.8 Å². The highest BCUT2D eigenvalue weighted by Gasteiger charge is 2.35.